The van der Waals surface area contributed by atoms with Gasteiger partial charge in [-0.1, -0.05) is 30.3 Å². The Morgan fingerprint density at radius 1 is 1.07 bits per heavy atom. The first-order chi connectivity index (χ1) is 7.24. The normalized spacial score (nSPS) is 10.6. The Labute approximate surface area is 90.7 Å². The second-order valence-electron chi connectivity index (χ2n) is 3.73. The van der Waals surface area contributed by atoms with Gasteiger partial charge in [-0.05, 0) is 37.3 Å². The van der Waals surface area contributed by atoms with Gasteiger partial charge >= 0.3 is 0 Å². The molecule has 0 aliphatic carbocycles. The topological polar surface area (TPSA) is 9.23 Å². The molecule has 0 atom stereocenters. The predicted octanol–water partition coefficient (Wildman–Crippen LogP) is 3.67. The Morgan fingerprint density at radius 2 is 1.73 bits per heavy atom. The van der Waals surface area contributed by atoms with Crippen LogP contribution in [0.3, 0.4) is 0 Å². The van der Waals surface area contributed by atoms with Gasteiger partial charge in [0.1, 0.15) is 5.75 Å². The average molecular weight is 199 g/mol. The Hall–Kier alpha value is -1.50. The summed E-state index contributed by atoms with van der Waals surface area (Å²) in [5, 5.41) is 2.44. The number of aryl methyl sites for hydroxylation is 2. The van der Waals surface area contributed by atoms with Crippen LogP contribution in [-0.2, 0) is 0 Å². The van der Waals surface area contributed by atoms with Crippen molar-refractivity contribution >= 4 is 10.8 Å². The number of hydrogen-bond donors (Lipinski definition) is 0. The maximum Gasteiger partial charge on any atom is 0.130 e. The molecule has 0 spiro atoms. The average Bonchev–Trinajstić information content (AvgIpc) is 2.24. The van der Waals surface area contributed by atoms with Gasteiger partial charge < -0.3 is 4.74 Å². The van der Waals surface area contributed by atoms with E-state index in [0.717, 1.165) is 5.75 Å². The van der Waals surface area contributed by atoms with Gasteiger partial charge in [-0.3, -0.25) is 0 Å². The fourth-order valence-electron chi connectivity index (χ4n) is 2.00. The first kappa shape index (κ1) is 10.0. The van der Waals surface area contributed by atoms with Crippen LogP contribution in [-0.4, -0.2) is 6.61 Å². The van der Waals surface area contributed by atoms with E-state index in [-0.39, 0.29) is 0 Å². The van der Waals surface area contributed by atoms with Crippen LogP contribution in [0.25, 0.3) is 10.8 Å². The summed E-state index contributed by atoms with van der Waals surface area (Å²) >= 11 is 0. The molecule has 0 bridgehead atoms. The van der Waals surface area contributed by atoms with Crippen molar-refractivity contribution in [2.24, 2.45) is 0 Å². The number of hydrogen-bond acceptors (Lipinski definition) is 1. The molecule has 0 unspecified atom stereocenters. The zero-order valence-electron chi connectivity index (χ0n) is 9.21. The molecule has 2 aromatic carbocycles. The minimum absolute atomic E-state index is 0.466. The zero-order chi connectivity index (χ0) is 10.8. The van der Waals surface area contributed by atoms with E-state index in [9.17, 15) is 0 Å². The quantitative estimate of drug-likeness (QED) is 0.717. The lowest BCUT2D eigenvalue weighted by Crippen LogP contribution is -1.96. The first-order valence-corrected chi connectivity index (χ1v) is 5.15. The van der Waals surface area contributed by atoms with E-state index in [0.29, 0.717) is 6.61 Å². The molecular formula is C14H15O. The van der Waals surface area contributed by atoms with Gasteiger partial charge in [0.05, 0.1) is 6.61 Å². The summed E-state index contributed by atoms with van der Waals surface area (Å²) in [6, 6.07) is 10.5. The molecule has 0 aromatic heterocycles. The molecule has 0 aliphatic rings. The van der Waals surface area contributed by atoms with E-state index in [1.807, 2.05) is 6.07 Å². The SMILES string of the molecule is [CH2]COc1c(C)cc(C)c2ccccc12. The molecule has 0 saturated carbocycles. The number of benzene rings is 2. The van der Waals surface area contributed by atoms with Crippen LogP contribution in [0.4, 0.5) is 0 Å². The van der Waals surface area contributed by atoms with Gasteiger partial charge in [0.2, 0.25) is 0 Å². The molecule has 2 aromatic rings. The Balaban J connectivity index is 2.77. The molecule has 0 saturated heterocycles. The van der Waals surface area contributed by atoms with Crippen LogP contribution in [0.2, 0.25) is 0 Å². The minimum atomic E-state index is 0.466. The molecule has 2 rings (SSSR count). The molecular weight excluding hydrogens is 184 g/mol. The highest BCUT2D eigenvalue weighted by atomic mass is 16.5. The molecule has 0 amide bonds. The molecule has 1 nitrogen and oxygen atoms in total. The monoisotopic (exact) mass is 199 g/mol. The molecule has 15 heavy (non-hydrogen) atoms. The molecule has 1 heteroatoms. The van der Waals surface area contributed by atoms with Crippen molar-refractivity contribution in [3.05, 3.63) is 48.4 Å². The summed E-state index contributed by atoms with van der Waals surface area (Å²) in [4.78, 5) is 0. The molecule has 0 aliphatic heterocycles. The van der Waals surface area contributed by atoms with Gasteiger partial charge in [-0.2, -0.15) is 0 Å². The van der Waals surface area contributed by atoms with Gasteiger partial charge in [0.15, 0.2) is 0 Å². The third-order valence-corrected chi connectivity index (χ3v) is 2.63. The summed E-state index contributed by atoms with van der Waals surface area (Å²) < 4.78 is 5.59. The van der Waals surface area contributed by atoms with Crippen molar-refractivity contribution in [2.75, 3.05) is 6.61 Å². The summed E-state index contributed by atoms with van der Waals surface area (Å²) in [6.45, 7) is 8.40. The van der Waals surface area contributed by atoms with Crippen LogP contribution in [0.5, 0.6) is 5.75 Å². The summed E-state index contributed by atoms with van der Waals surface area (Å²) in [5.41, 5.74) is 2.47. The number of rotatable bonds is 2. The van der Waals surface area contributed by atoms with E-state index in [1.54, 1.807) is 0 Å². The van der Waals surface area contributed by atoms with Gasteiger partial charge in [0.25, 0.3) is 0 Å². The maximum atomic E-state index is 5.59. The number of ether oxygens (including phenoxy) is 1. The van der Waals surface area contributed by atoms with Crippen molar-refractivity contribution < 1.29 is 4.74 Å². The molecule has 77 valence electrons. The highest BCUT2D eigenvalue weighted by Gasteiger charge is 2.07. The molecule has 0 fully saturated rings. The van der Waals surface area contributed by atoms with Crippen molar-refractivity contribution in [1.29, 1.82) is 0 Å². The second kappa shape index (κ2) is 3.93. The highest BCUT2D eigenvalue weighted by molar-refractivity contribution is 5.92. The fraction of sp³-hybridized carbons (Fsp3) is 0.214. The Bertz CT molecular complexity index is 486. The third-order valence-electron chi connectivity index (χ3n) is 2.63. The van der Waals surface area contributed by atoms with Gasteiger partial charge in [-0.25, -0.2) is 0 Å². The van der Waals surface area contributed by atoms with E-state index < -0.39 is 0 Å². The lowest BCUT2D eigenvalue weighted by Gasteiger charge is -2.12. The van der Waals surface area contributed by atoms with Crippen LogP contribution >= 0.6 is 0 Å². The van der Waals surface area contributed by atoms with Crippen LogP contribution in [0.1, 0.15) is 11.1 Å². The van der Waals surface area contributed by atoms with Crippen molar-refractivity contribution in [3.63, 3.8) is 0 Å². The fourth-order valence-corrected chi connectivity index (χ4v) is 2.00. The number of fused-ring (bicyclic) bond motifs is 1. The lowest BCUT2D eigenvalue weighted by atomic mass is 10.0. The van der Waals surface area contributed by atoms with Crippen LogP contribution in [0, 0.1) is 20.8 Å². The smallest absolute Gasteiger partial charge is 0.130 e. The summed E-state index contributed by atoms with van der Waals surface area (Å²) in [7, 11) is 0. The standard InChI is InChI=1S/C14H15O/c1-4-15-14-11(3)9-10(2)12-7-5-6-8-13(12)14/h5-9H,1,4H2,2-3H3. The van der Waals surface area contributed by atoms with E-state index in [2.05, 4.69) is 45.0 Å². The molecule has 1 radical (unpaired) electrons. The maximum absolute atomic E-state index is 5.59. The minimum Gasteiger partial charge on any atom is -0.493 e. The first-order valence-electron chi connectivity index (χ1n) is 5.15. The highest BCUT2D eigenvalue weighted by Crippen LogP contribution is 2.31. The van der Waals surface area contributed by atoms with Crippen LogP contribution in [0.15, 0.2) is 30.3 Å². The predicted molar refractivity (Wildman–Crippen MR) is 64.3 cm³/mol. The van der Waals surface area contributed by atoms with Crippen molar-refractivity contribution in [2.45, 2.75) is 13.8 Å². The summed E-state index contributed by atoms with van der Waals surface area (Å²) in [6.07, 6.45) is 0. The molecule has 0 N–H and O–H groups in total. The van der Waals surface area contributed by atoms with Gasteiger partial charge in [-0.15, -0.1) is 0 Å². The van der Waals surface area contributed by atoms with E-state index in [1.165, 1.54) is 21.9 Å². The zero-order valence-corrected chi connectivity index (χ0v) is 9.21. The second-order valence-corrected chi connectivity index (χ2v) is 3.73. The largest absolute Gasteiger partial charge is 0.493 e. The van der Waals surface area contributed by atoms with Crippen LogP contribution < -0.4 is 4.74 Å². The van der Waals surface area contributed by atoms with E-state index >= 15 is 0 Å². The third kappa shape index (κ3) is 1.70. The van der Waals surface area contributed by atoms with Crippen molar-refractivity contribution in [1.82, 2.24) is 0 Å². The van der Waals surface area contributed by atoms with Gasteiger partial charge in [0, 0.05) is 5.39 Å². The summed E-state index contributed by atoms with van der Waals surface area (Å²) in [5.74, 6) is 0.964. The molecule has 0 heterocycles. The lowest BCUT2D eigenvalue weighted by molar-refractivity contribution is 0.363. The Kier molecular flexibility index (Phi) is 2.63. The van der Waals surface area contributed by atoms with E-state index in [4.69, 9.17) is 4.74 Å². The Morgan fingerprint density at radius 3 is 2.40 bits per heavy atom. The van der Waals surface area contributed by atoms with Crippen molar-refractivity contribution in [3.8, 4) is 5.75 Å².